The second-order valence-electron chi connectivity index (χ2n) is 8.36. The number of amides is 1. The Kier molecular flexibility index (Phi) is 5.51. The molecular formula is C24H28N6O2. The topological polar surface area (TPSA) is 76.4 Å². The van der Waals surface area contributed by atoms with Gasteiger partial charge in [0.2, 0.25) is 5.95 Å². The number of nitrogens with zero attached hydrogens (tertiary/aromatic N) is 6. The number of aryl methyl sites for hydroxylation is 1. The molecule has 2 aliphatic heterocycles. The van der Waals surface area contributed by atoms with Gasteiger partial charge in [-0.1, -0.05) is 12.1 Å². The summed E-state index contributed by atoms with van der Waals surface area (Å²) in [6, 6.07) is 9.27. The van der Waals surface area contributed by atoms with Crippen molar-refractivity contribution in [2.75, 3.05) is 31.6 Å². The molecule has 0 N–H and O–H groups in total. The molecule has 0 aliphatic carbocycles. The van der Waals surface area contributed by atoms with Gasteiger partial charge < -0.3 is 14.5 Å². The van der Waals surface area contributed by atoms with Crippen molar-refractivity contribution in [1.82, 2.24) is 24.6 Å². The molecule has 0 saturated carbocycles. The van der Waals surface area contributed by atoms with Gasteiger partial charge in [0.15, 0.2) is 0 Å². The number of benzene rings is 1. The Labute approximate surface area is 187 Å². The molecule has 1 unspecified atom stereocenters. The fourth-order valence-corrected chi connectivity index (χ4v) is 4.88. The molecule has 32 heavy (non-hydrogen) atoms. The molecule has 5 rings (SSSR count). The van der Waals surface area contributed by atoms with Gasteiger partial charge in [-0.05, 0) is 43.9 Å². The average Bonchev–Trinajstić information content (AvgIpc) is 3.59. The highest BCUT2D eigenvalue weighted by Gasteiger charge is 2.35. The lowest BCUT2D eigenvalue weighted by Gasteiger charge is -2.26. The molecule has 2 aromatic heterocycles. The smallest absolute Gasteiger partial charge is 0.258 e. The number of rotatable bonds is 5. The first-order valence-electron chi connectivity index (χ1n) is 11.2. The molecule has 0 bridgehead atoms. The van der Waals surface area contributed by atoms with Crippen LogP contribution in [0.2, 0.25) is 0 Å². The minimum Gasteiger partial charge on any atom is -0.496 e. The second-order valence-corrected chi connectivity index (χ2v) is 8.36. The molecule has 2 saturated heterocycles. The van der Waals surface area contributed by atoms with Crippen molar-refractivity contribution in [2.45, 2.75) is 31.7 Å². The van der Waals surface area contributed by atoms with Crippen LogP contribution >= 0.6 is 0 Å². The van der Waals surface area contributed by atoms with Gasteiger partial charge in [-0.3, -0.25) is 9.48 Å². The van der Waals surface area contributed by atoms with Crippen LogP contribution in [-0.4, -0.2) is 57.3 Å². The Morgan fingerprint density at radius 3 is 2.72 bits per heavy atom. The quantitative estimate of drug-likeness (QED) is 0.615. The normalized spacial score (nSPS) is 18.4. The molecule has 3 aromatic rings. The predicted molar refractivity (Wildman–Crippen MR) is 122 cm³/mol. The number of hydrogen-bond acceptors (Lipinski definition) is 6. The van der Waals surface area contributed by atoms with E-state index >= 15 is 0 Å². The lowest BCUT2D eigenvalue weighted by Crippen LogP contribution is -2.32. The average molecular weight is 433 g/mol. The van der Waals surface area contributed by atoms with Gasteiger partial charge in [0, 0.05) is 38.4 Å². The fourth-order valence-electron chi connectivity index (χ4n) is 4.88. The van der Waals surface area contributed by atoms with E-state index in [0.717, 1.165) is 48.8 Å². The van der Waals surface area contributed by atoms with Crippen LogP contribution in [0.4, 0.5) is 5.95 Å². The number of para-hydroxylation sites is 1. The first-order valence-corrected chi connectivity index (χ1v) is 11.2. The van der Waals surface area contributed by atoms with E-state index < -0.39 is 0 Å². The van der Waals surface area contributed by atoms with Crippen LogP contribution in [0, 0.1) is 0 Å². The van der Waals surface area contributed by atoms with Gasteiger partial charge in [0.05, 0.1) is 36.3 Å². The predicted octanol–water partition coefficient (Wildman–Crippen LogP) is 3.46. The summed E-state index contributed by atoms with van der Waals surface area (Å²) < 4.78 is 7.32. The van der Waals surface area contributed by atoms with Gasteiger partial charge in [-0.15, -0.1) is 0 Å². The highest BCUT2D eigenvalue weighted by Crippen LogP contribution is 2.38. The Bertz CT molecular complexity index is 1120. The van der Waals surface area contributed by atoms with E-state index in [-0.39, 0.29) is 11.9 Å². The lowest BCUT2D eigenvalue weighted by atomic mass is 10.0. The fraction of sp³-hybridized carbons (Fsp3) is 0.417. The molecule has 2 aliphatic rings. The Balaban J connectivity index is 1.50. The largest absolute Gasteiger partial charge is 0.496 e. The maximum Gasteiger partial charge on any atom is 0.258 e. The van der Waals surface area contributed by atoms with E-state index in [4.69, 9.17) is 9.72 Å². The number of methoxy groups -OCH3 is 1. The maximum absolute atomic E-state index is 13.5. The van der Waals surface area contributed by atoms with Crippen molar-refractivity contribution in [3.8, 4) is 17.0 Å². The van der Waals surface area contributed by atoms with Gasteiger partial charge >= 0.3 is 0 Å². The molecule has 8 heteroatoms. The number of carbonyl (C=O) groups is 1. The summed E-state index contributed by atoms with van der Waals surface area (Å²) in [5, 5.41) is 4.54. The van der Waals surface area contributed by atoms with E-state index in [1.807, 2.05) is 59.4 Å². The van der Waals surface area contributed by atoms with Crippen LogP contribution < -0.4 is 9.64 Å². The van der Waals surface area contributed by atoms with Crippen LogP contribution in [-0.2, 0) is 7.05 Å². The summed E-state index contributed by atoms with van der Waals surface area (Å²) in [5.74, 6) is 1.35. The highest BCUT2D eigenvalue weighted by atomic mass is 16.5. The standard InChI is InChI=1S/C24H28N6O2/c1-28-22(18(16-26-28)19-11-12-25-24(27-19)29-13-5-6-14-29)20-9-7-15-30(20)23(31)17-8-3-4-10-21(17)32-2/h3-4,8,10-12,16,20H,5-7,9,13-15H2,1-2H3. The third-order valence-electron chi connectivity index (χ3n) is 6.46. The van der Waals surface area contributed by atoms with E-state index in [9.17, 15) is 4.79 Å². The minimum absolute atomic E-state index is 0.0162. The number of carbonyl (C=O) groups excluding carboxylic acids is 1. The lowest BCUT2D eigenvalue weighted by molar-refractivity contribution is 0.0727. The molecule has 0 radical (unpaired) electrons. The summed E-state index contributed by atoms with van der Waals surface area (Å²) in [5.41, 5.74) is 3.41. The Hall–Kier alpha value is -3.42. The van der Waals surface area contributed by atoms with E-state index in [1.165, 1.54) is 12.8 Å². The zero-order valence-corrected chi connectivity index (χ0v) is 18.6. The monoisotopic (exact) mass is 432 g/mol. The first-order chi connectivity index (χ1) is 15.7. The molecule has 0 spiro atoms. The Morgan fingerprint density at radius 2 is 1.91 bits per heavy atom. The van der Waals surface area contributed by atoms with E-state index in [0.29, 0.717) is 17.9 Å². The SMILES string of the molecule is COc1ccccc1C(=O)N1CCCC1c1c(-c2ccnc(N3CCCC3)n2)cnn1C. The summed E-state index contributed by atoms with van der Waals surface area (Å²) in [6.07, 6.45) is 7.85. The van der Waals surface area contributed by atoms with Crippen molar-refractivity contribution < 1.29 is 9.53 Å². The second kappa shape index (κ2) is 8.61. The van der Waals surface area contributed by atoms with Crippen molar-refractivity contribution >= 4 is 11.9 Å². The van der Waals surface area contributed by atoms with Crippen LogP contribution in [0.25, 0.3) is 11.3 Å². The van der Waals surface area contributed by atoms with Gasteiger partial charge in [0.1, 0.15) is 5.75 Å². The Morgan fingerprint density at radius 1 is 1.09 bits per heavy atom. The maximum atomic E-state index is 13.5. The highest BCUT2D eigenvalue weighted by molar-refractivity contribution is 5.97. The van der Waals surface area contributed by atoms with E-state index in [2.05, 4.69) is 15.0 Å². The molecular weight excluding hydrogens is 404 g/mol. The number of anilines is 1. The molecule has 1 aromatic carbocycles. The number of ether oxygens (including phenoxy) is 1. The van der Waals surface area contributed by atoms with Crippen molar-refractivity contribution in [3.63, 3.8) is 0 Å². The van der Waals surface area contributed by atoms with Crippen molar-refractivity contribution in [2.24, 2.45) is 7.05 Å². The third kappa shape index (κ3) is 3.59. The van der Waals surface area contributed by atoms with Gasteiger partial charge in [-0.2, -0.15) is 5.10 Å². The number of likely N-dealkylation sites (tertiary alicyclic amines) is 1. The van der Waals surface area contributed by atoms with Crippen molar-refractivity contribution in [3.05, 3.63) is 54.0 Å². The van der Waals surface area contributed by atoms with Crippen LogP contribution in [0.1, 0.15) is 47.8 Å². The van der Waals surface area contributed by atoms with E-state index in [1.54, 1.807) is 7.11 Å². The summed E-state index contributed by atoms with van der Waals surface area (Å²) >= 11 is 0. The zero-order chi connectivity index (χ0) is 22.1. The number of aromatic nitrogens is 4. The molecule has 1 atom stereocenters. The van der Waals surface area contributed by atoms with Crippen LogP contribution in [0.15, 0.2) is 42.7 Å². The molecule has 4 heterocycles. The third-order valence-corrected chi connectivity index (χ3v) is 6.46. The summed E-state index contributed by atoms with van der Waals surface area (Å²) in [6.45, 7) is 2.69. The summed E-state index contributed by atoms with van der Waals surface area (Å²) in [4.78, 5) is 27.0. The van der Waals surface area contributed by atoms with Crippen molar-refractivity contribution in [1.29, 1.82) is 0 Å². The van der Waals surface area contributed by atoms with Gasteiger partial charge in [-0.25, -0.2) is 9.97 Å². The summed E-state index contributed by atoms with van der Waals surface area (Å²) in [7, 11) is 3.53. The number of hydrogen-bond donors (Lipinski definition) is 0. The van der Waals surface area contributed by atoms with Crippen LogP contribution in [0.3, 0.4) is 0 Å². The van der Waals surface area contributed by atoms with Crippen LogP contribution in [0.5, 0.6) is 5.75 Å². The van der Waals surface area contributed by atoms with Gasteiger partial charge in [0.25, 0.3) is 5.91 Å². The minimum atomic E-state index is -0.0693. The molecule has 1 amide bonds. The molecule has 8 nitrogen and oxygen atoms in total. The molecule has 2 fully saturated rings. The first kappa shape index (κ1) is 20.5. The molecule has 166 valence electrons. The zero-order valence-electron chi connectivity index (χ0n) is 18.6.